The van der Waals surface area contributed by atoms with Gasteiger partial charge in [-0.25, -0.2) is 14.8 Å². The maximum atomic E-state index is 12.5. The average molecular weight is 385 g/mol. The molecular weight excluding hydrogens is 366 g/mol. The van der Waals surface area contributed by atoms with Crippen LogP contribution in [-0.2, 0) is 16.1 Å². The van der Waals surface area contributed by atoms with Crippen molar-refractivity contribution in [2.45, 2.75) is 13.0 Å². The largest absolute Gasteiger partial charge is 0.477 e. The molecule has 146 valence electrons. The van der Waals surface area contributed by atoms with Crippen LogP contribution < -0.4 is 4.74 Å². The van der Waals surface area contributed by atoms with Crippen LogP contribution in [0.15, 0.2) is 54.6 Å². The number of ether oxygens (including phenoxy) is 2. The minimum Gasteiger partial charge on any atom is -0.477 e. The van der Waals surface area contributed by atoms with Gasteiger partial charge in [-0.3, -0.25) is 14.9 Å². The molecule has 1 aliphatic heterocycles. The van der Waals surface area contributed by atoms with Crippen molar-refractivity contribution in [3.05, 3.63) is 70.3 Å². The molecule has 0 N–H and O–H groups in total. The molecule has 2 amide bonds. The molecule has 0 spiro atoms. The van der Waals surface area contributed by atoms with Gasteiger partial charge in [0.1, 0.15) is 6.61 Å². The number of carbonyl (C=O) groups excluding carboxylic acids is 2. The summed E-state index contributed by atoms with van der Waals surface area (Å²) in [6.45, 7) is 0.378. The molecule has 0 aliphatic carbocycles. The number of para-hydroxylation sites is 2. The number of nitrogens with zero attached hydrogens (tertiary/aromatic N) is 3. The first kappa shape index (κ1) is 19.2. The van der Waals surface area contributed by atoms with Gasteiger partial charge in [0.05, 0.1) is 4.92 Å². The van der Waals surface area contributed by atoms with Gasteiger partial charge in [-0.15, -0.1) is 0 Å². The Morgan fingerprint density at radius 3 is 2.43 bits per heavy atom. The van der Waals surface area contributed by atoms with E-state index in [1.807, 2.05) is 30.3 Å². The van der Waals surface area contributed by atoms with E-state index < -0.39 is 23.5 Å². The number of hydrazine groups is 1. The maximum Gasteiger partial charge on any atom is 0.429 e. The van der Waals surface area contributed by atoms with Crippen molar-refractivity contribution in [1.82, 2.24) is 10.0 Å². The summed E-state index contributed by atoms with van der Waals surface area (Å²) in [6, 6.07) is 15.0. The van der Waals surface area contributed by atoms with Crippen LogP contribution in [0.2, 0.25) is 0 Å². The van der Waals surface area contributed by atoms with Crippen molar-refractivity contribution < 1.29 is 24.0 Å². The van der Waals surface area contributed by atoms with E-state index in [1.54, 1.807) is 6.07 Å². The molecule has 0 aromatic heterocycles. The summed E-state index contributed by atoms with van der Waals surface area (Å²) in [5.74, 6) is -0.481. The van der Waals surface area contributed by atoms with Gasteiger partial charge in [0.15, 0.2) is 12.4 Å². The third kappa shape index (κ3) is 4.56. The van der Waals surface area contributed by atoms with Crippen molar-refractivity contribution in [3.8, 4) is 5.75 Å². The van der Waals surface area contributed by atoms with Crippen molar-refractivity contribution in [1.29, 1.82) is 0 Å². The van der Waals surface area contributed by atoms with Crippen LogP contribution in [0.4, 0.5) is 10.5 Å². The first-order chi connectivity index (χ1) is 13.6. The highest BCUT2D eigenvalue weighted by atomic mass is 16.6. The molecule has 9 nitrogen and oxygen atoms in total. The smallest absolute Gasteiger partial charge is 0.429 e. The Kier molecular flexibility index (Phi) is 6.05. The lowest BCUT2D eigenvalue weighted by molar-refractivity contribution is -0.385. The highest BCUT2D eigenvalue weighted by Gasteiger charge is 2.32. The van der Waals surface area contributed by atoms with Crippen LogP contribution in [0.3, 0.4) is 0 Å². The lowest BCUT2D eigenvalue weighted by atomic mass is 10.2. The third-order valence-corrected chi connectivity index (χ3v) is 4.15. The normalized spacial score (nSPS) is 13.3. The van der Waals surface area contributed by atoms with Gasteiger partial charge in [-0.1, -0.05) is 42.5 Å². The summed E-state index contributed by atoms with van der Waals surface area (Å²) < 4.78 is 10.6. The molecule has 0 unspecified atom stereocenters. The molecule has 2 aromatic carbocycles. The monoisotopic (exact) mass is 385 g/mol. The molecule has 0 radical (unpaired) electrons. The summed E-state index contributed by atoms with van der Waals surface area (Å²) >= 11 is 0. The van der Waals surface area contributed by atoms with E-state index in [9.17, 15) is 19.7 Å². The summed E-state index contributed by atoms with van der Waals surface area (Å²) in [7, 11) is 0. The van der Waals surface area contributed by atoms with Crippen LogP contribution >= 0.6 is 0 Å². The van der Waals surface area contributed by atoms with Gasteiger partial charge in [-0.2, -0.15) is 0 Å². The second-order valence-electron chi connectivity index (χ2n) is 6.05. The SMILES string of the molecule is O=C(COc1ccccc1[N+](=O)[O-])N1CCCN1C(=O)OCc1ccccc1. The minimum absolute atomic E-state index is 0.00162. The van der Waals surface area contributed by atoms with E-state index in [-0.39, 0.29) is 18.0 Å². The van der Waals surface area contributed by atoms with E-state index in [2.05, 4.69) is 0 Å². The molecule has 28 heavy (non-hydrogen) atoms. The van der Waals surface area contributed by atoms with Crippen LogP contribution in [0.25, 0.3) is 0 Å². The van der Waals surface area contributed by atoms with Crippen LogP contribution in [0, 0.1) is 10.1 Å². The molecule has 0 saturated carbocycles. The third-order valence-electron chi connectivity index (χ3n) is 4.15. The second kappa shape index (κ2) is 8.85. The molecule has 1 aliphatic rings. The Balaban J connectivity index is 1.57. The maximum absolute atomic E-state index is 12.5. The fourth-order valence-corrected chi connectivity index (χ4v) is 2.80. The number of hydrogen-bond acceptors (Lipinski definition) is 6. The van der Waals surface area contributed by atoms with Gasteiger partial charge in [0, 0.05) is 19.2 Å². The van der Waals surface area contributed by atoms with Crippen molar-refractivity contribution in [2.24, 2.45) is 0 Å². The molecular formula is C19H19N3O6. The van der Waals surface area contributed by atoms with Gasteiger partial charge in [0.2, 0.25) is 0 Å². The Morgan fingerprint density at radius 2 is 1.68 bits per heavy atom. The molecule has 9 heteroatoms. The topological polar surface area (TPSA) is 102 Å². The van der Waals surface area contributed by atoms with Gasteiger partial charge in [-0.05, 0) is 18.1 Å². The second-order valence-corrected chi connectivity index (χ2v) is 6.05. The lowest BCUT2D eigenvalue weighted by Gasteiger charge is -2.27. The van der Waals surface area contributed by atoms with Crippen LogP contribution in [0.1, 0.15) is 12.0 Å². The first-order valence-corrected chi connectivity index (χ1v) is 8.71. The van der Waals surface area contributed by atoms with E-state index in [0.717, 1.165) is 5.56 Å². The highest BCUT2D eigenvalue weighted by molar-refractivity contribution is 5.81. The van der Waals surface area contributed by atoms with Crippen molar-refractivity contribution >= 4 is 17.7 Å². The predicted molar refractivity (Wildman–Crippen MR) is 98.3 cm³/mol. The fraction of sp³-hybridized carbons (Fsp3) is 0.263. The zero-order chi connectivity index (χ0) is 19.9. The Bertz CT molecular complexity index is 858. The number of nitro benzene ring substituents is 1. The minimum atomic E-state index is -0.625. The van der Waals surface area contributed by atoms with Gasteiger partial charge < -0.3 is 9.47 Å². The summed E-state index contributed by atoms with van der Waals surface area (Å²) in [4.78, 5) is 35.2. The molecule has 0 bridgehead atoms. The lowest BCUT2D eigenvalue weighted by Crippen LogP contribution is -2.46. The fourth-order valence-electron chi connectivity index (χ4n) is 2.80. The van der Waals surface area contributed by atoms with E-state index >= 15 is 0 Å². The Hall–Kier alpha value is -3.62. The zero-order valence-corrected chi connectivity index (χ0v) is 15.0. The Labute approximate surface area is 161 Å². The zero-order valence-electron chi connectivity index (χ0n) is 15.0. The van der Waals surface area contributed by atoms with Gasteiger partial charge >= 0.3 is 11.8 Å². The van der Waals surface area contributed by atoms with E-state index in [0.29, 0.717) is 19.5 Å². The van der Waals surface area contributed by atoms with Gasteiger partial charge in [0.25, 0.3) is 5.91 Å². The molecule has 1 heterocycles. The molecule has 1 fully saturated rings. The molecule has 2 aromatic rings. The number of rotatable bonds is 6. The molecule has 3 rings (SSSR count). The number of nitro groups is 1. The van der Waals surface area contributed by atoms with Crippen molar-refractivity contribution in [3.63, 3.8) is 0 Å². The molecule has 1 saturated heterocycles. The number of hydrogen-bond donors (Lipinski definition) is 0. The first-order valence-electron chi connectivity index (χ1n) is 8.71. The van der Waals surface area contributed by atoms with E-state index in [4.69, 9.17) is 9.47 Å². The number of amides is 2. The average Bonchev–Trinajstić information content (AvgIpc) is 3.21. The van der Waals surface area contributed by atoms with Crippen molar-refractivity contribution in [2.75, 3.05) is 19.7 Å². The quantitative estimate of drug-likeness (QED) is 0.560. The number of carbonyl (C=O) groups is 2. The standard InChI is InChI=1S/C19H19N3O6/c23-18(14-27-17-10-5-4-9-16(17)22(25)26)20-11-6-12-21(20)19(24)28-13-15-7-2-1-3-8-15/h1-5,7-10H,6,11-14H2. The summed E-state index contributed by atoms with van der Waals surface area (Å²) in [5.41, 5.74) is 0.614. The molecule has 0 atom stereocenters. The number of benzene rings is 2. The summed E-state index contributed by atoms with van der Waals surface area (Å²) in [5, 5.41) is 13.5. The van der Waals surface area contributed by atoms with Crippen LogP contribution in [0.5, 0.6) is 5.75 Å². The van der Waals surface area contributed by atoms with E-state index in [1.165, 1.54) is 28.2 Å². The van der Waals surface area contributed by atoms with Crippen LogP contribution in [-0.4, -0.2) is 46.6 Å². The highest BCUT2D eigenvalue weighted by Crippen LogP contribution is 2.26. The summed E-state index contributed by atoms with van der Waals surface area (Å²) in [6.07, 6.45) is -0.0158. The predicted octanol–water partition coefficient (Wildman–Crippen LogP) is 2.76. The Morgan fingerprint density at radius 1 is 1.00 bits per heavy atom.